The van der Waals surface area contributed by atoms with Gasteiger partial charge in [0, 0.05) is 18.2 Å². The largest absolute Gasteiger partial charge is 0.444 e. The molecule has 22 heavy (non-hydrogen) atoms. The van der Waals surface area contributed by atoms with E-state index in [0.29, 0.717) is 18.9 Å². The normalized spacial score (nSPS) is 21.2. The molecule has 1 aliphatic carbocycles. The molecule has 0 aromatic heterocycles. The number of carbonyl (C=O) groups is 2. The van der Waals surface area contributed by atoms with E-state index in [9.17, 15) is 9.59 Å². The molecule has 0 bridgehead atoms. The molecule has 1 amide bonds. The van der Waals surface area contributed by atoms with Gasteiger partial charge in [0.05, 0.1) is 0 Å². The van der Waals surface area contributed by atoms with E-state index < -0.39 is 0 Å². The van der Waals surface area contributed by atoms with Crippen molar-refractivity contribution < 1.29 is 14.3 Å². The third kappa shape index (κ3) is 3.38. The molecule has 2 aliphatic rings. The lowest BCUT2D eigenvalue weighted by atomic mass is 9.94. The molecule has 4 heteroatoms. The van der Waals surface area contributed by atoms with Crippen molar-refractivity contribution in [2.75, 3.05) is 6.54 Å². The number of Topliss-reactive ketones (excluding diaryl/α,β-unsaturated/α-hetero) is 1. The van der Waals surface area contributed by atoms with Gasteiger partial charge in [0.2, 0.25) is 0 Å². The summed E-state index contributed by atoms with van der Waals surface area (Å²) < 4.78 is 5.43. The Morgan fingerprint density at radius 2 is 1.91 bits per heavy atom. The lowest BCUT2D eigenvalue weighted by Gasteiger charge is -2.31. The van der Waals surface area contributed by atoms with E-state index in [2.05, 4.69) is 0 Å². The Balaban J connectivity index is 1.66. The zero-order valence-corrected chi connectivity index (χ0v) is 12.8. The average molecular weight is 299 g/mol. The van der Waals surface area contributed by atoms with Crippen LogP contribution in [0, 0.1) is 11.8 Å². The first-order chi connectivity index (χ1) is 10.6. The summed E-state index contributed by atoms with van der Waals surface area (Å²) in [6.45, 7) is 2.47. The predicted octanol–water partition coefficient (Wildman–Crippen LogP) is 3.53. The van der Waals surface area contributed by atoms with E-state index in [1.165, 1.54) is 0 Å². The van der Waals surface area contributed by atoms with E-state index in [-0.39, 0.29) is 24.4 Å². The molecule has 1 unspecified atom stereocenters. The van der Waals surface area contributed by atoms with Crippen molar-refractivity contribution in [3.8, 4) is 0 Å². The van der Waals surface area contributed by atoms with E-state index in [0.717, 1.165) is 24.1 Å². The number of carbonyl (C=O) groups excluding carboxylic acids is 2. The molecule has 116 valence electrons. The van der Waals surface area contributed by atoms with Gasteiger partial charge < -0.3 is 4.74 Å². The van der Waals surface area contributed by atoms with Crippen molar-refractivity contribution in [3.63, 3.8) is 0 Å². The summed E-state index contributed by atoms with van der Waals surface area (Å²) in [4.78, 5) is 25.7. The van der Waals surface area contributed by atoms with Crippen LogP contribution in [-0.2, 0) is 16.1 Å². The summed E-state index contributed by atoms with van der Waals surface area (Å²) in [6.07, 6.45) is 4.56. The summed E-state index contributed by atoms with van der Waals surface area (Å²) in [5.74, 6) is 0.552. The average Bonchev–Trinajstić information content (AvgIpc) is 3.38. The Morgan fingerprint density at radius 3 is 2.55 bits per heavy atom. The minimum Gasteiger partial charge on any atom is -0.444 e. The predicted molar refractivity (Wildman–Crippen MR) is 82.9 cm³/mol. The molecule has 1 fully saturated rings. The van der Waals surface area contributed by atoms with Crippen molar-refractivity contribution in [2.24, 2.45) is 11.8 Å². The first-order valence-corrected chi connectivity index (χ1v) is 7.85. The maximum absolute atomic E-state index is 12.4. The highest BCUT2D eigenvalue weighted by molar-refractivity contribution is 5.81. The van der Waals surface area contributed by atoms with Gasteiger partial charge in [-0.1, -0.05) is 36.4 Å². The summed E-state index contributed by atoms with van der Waals surface area (Å²) in [5.41, 5.74) is 1.97. The second-order valence-corrected chi connectivity index (χ2v) is 6.06. The minimum atomic E-state index is -0.302. The second-order valence-electron chi connectivity index (χ2n) is 6.06. The first kappa shape index (κ1) is 14.8. The second kappa shape index (κ2) is 6.34. The molecule has 3 rings (SSSR count). The highest BCUT2D eigenvalue weighted by Gasteiger charge is 2.36. The molecule has 0 spiro atoms. The molecule has 1 atom stereocenters. The number of amides is 1. The quantitative estimate of drug-likeness (QED) is 0.854. The molecule has 1 aromatic rings. The Labute approximate surface area is 130 Å². The minimum absolute atomic E-state index is 0.0474. The number of hydrogen-bond acceptors (Lipinski definition) is 3. The Kier molecular flexibility index (Phi) is 4.27. The molecule has 0 radical (unpaired) electrons. The van der Waals surface area contributed by atoms with Crippen molar-refractivity contribution in [1.29, 1.82) is 0 Å². The van der Waals surface area contributed by atoms with Crippen LogP contribution in [0.3, 0.4) is 0 Å². The van der Waals surface area contributed by atoms with Crippen LogP contribution in [0.15, 0.2) is 42.1 Å². The zero-order chi connectivity index (χ0) is 15.5. The summed E-state index contributed by atoms with van der Waals surface area (Å²) in [7, 11) is 0. The van der Waals surface area contributed by atoms with Crippen molar-refractivity contribution in [3.05, 3.63) is 47.7 Å². The van der Waals surface area contributed by atoms with E-state index in [1.54, 1.807) is 11.8 Å². The van der Waals surface area contributed by atoms with Crippen LogP contribution < -0.4 is 0 Å². The van der Waals surface area contributed by atoms with Gasteiger partial charge in [-0.3, -0.25) is 9.69 Å². The summed E-state index contributed by atoms with van der Waals surface area (Å²) >= 11 is 0. The lowest BCUT2D eigenvalue weighted by molar-refractivity contribution is -0.119. The van der Waals surface area contributed by atoms with Gasteiger partial charge >= 0.3 is 6.09 Å². The maximum atomic E-state index is 12.4. The Bertz CT molecular complexity index is 590. The standard InChI is InChI=1S/C18H21NO3/c1-13(20)16-9-10-19(17(11-16)15-7-8-15)18(21)22-12-14-5-3-2-4-6-14/h2-6,11,15-16H,7-10,12H2,1H3. The zero-order valence-electron chi connectivity index (χ0n) is 12.8. The monoisotopic (exact) mass is 299 g/mol. The van der Waals surface area contributed by atoms with Crippen molar-refractivity contribution in [1.82, 2.24) is 4.90 Å². The molecule has 0 saturated heterocycles. The van der Waals surface area contributed by atoms with Crippen molar-refractivity contribution in [2.45, 2.75) is 32.8 Å². The third-order valence-corrected chi connectivity index (χ3v) is 4.29. The molecular weight excluding hydrogens is 278 g/mol. The smallest absolute Gasteiger partial charge is 0.414 e. The van der Waals surface area contributed by atoms with Crippen LogP contribution in [0.4, 0.5) is 4.79 Å². The van der Waals surface area contributed by atoms with Crippen LogP contribution in [-0.4, -0.2) is 23.3 Å². The third-order valence-electron chi connectivity index (χ3n) is 4.29. The highest BCUT2D eigenvalue weighted by atomic mass is 16.6. The number of hydrogen-bond donors (Lipinski definition) is 0. The number of allylic oxidation sites excluding steroid dienone is 2. The van der Waals surface area contributed by atoms with Gasteiger partial charge in [-0.2, -0.15) is 0 Å². The van der Waals surface area contributed by atoms with Gasteiger partial charge in [-0.15, -0.1) is 0 Å². The Hall–Kier alpha value is -2.10. The van der Waals surface area contributed by atoms with E-state index in [4.69, 9.17) is 4.74 Å². The van der Waals surface area contributed by atoms with Gasteiger partial charge in [0.25, 0.3) is 0 Å². The maximum Gasteiger partial charge on any atom is 0.414 e. The number of benzene rings is 1. The van der Waals surface area contributed by atoms with E-state index in [1.807, 2.05) is 36.4 Å². The van der Waals surface area contributed by atoms with Gasteiger partial charge in [-0.05, 0) is 37.7 Å². The van der Waals surface area contributed by atoms with Crippen molar-refractivity contribution >= 4 is 11.9 Å². The molecular formula is C18H21NO3. The number of ether oxygens (including phenoxy) is 1. The summed E-state index contributed by atoms with van der Waals surface area (Å²) in [6, 6.07) is 9.67. The molecule has 1 saturated carbocycles. The number of nitrogens with zero attached hydrogens (tertiary/aromatic N) is 1. The van der Waals surface area contributed by atoms with Gasteiger partial charge in [0.15, 0.2) is 0 Å². The topological polar surface area (TPSA) is 46.6 Å². The fraction of sp³-hybridized carbons (Fsp3) is 0.444. The van der Waals surface area contributed by atoms with Crippen LogP contribution in [0.5, 0.6) is 0 Å². The molecule has 1 aromatic carbocycles. The van der Waals surface area contributed by atoms with Crippen LogP contribution in [0.2, 0.25) is 0 Å². The lowest BCUT2D eigenvalue weighted by Crippen LogP contribution is -2.37. The molecule has 0 N–H and O–H groups in total. The van der Waals surface area contributed by atoms with Crippen LogP contribution in [0.25, 0.3) is 0 Å². The number of rotatable bonds is 4. The van der Waals surface area contributed by atoms with Crippen LogP contribution in [0.1, 0.15) is 31.7 Å². The van der Waals surface area contributed by atoms with Crippen LogP contribution >= 0.6 is 0 Å². The SMILES string of the molecule is CC(=O)C1C=C(C2CC2)N(C(=O)OCc2ccccc2)CC1. The van der Waals surface area contributed by atoms with Gasteiger partial charge in [0.1, 0.15) is 12.4 Å². The molecule has 1 aliphatic heterocycles. The fourth-order valence-corrected chi connectivity index (χ4v) is 2.83. The highest BCUT2D eigenvalue weighted by Crippen LogP contribution is 2.41. The Morgan fingerprint density at radius 1 is 1.18 bits per heavy atom. The van der Waals surface area contributed by atoms with E-state index >= 15 is 0 Å². The molecule has 1 heterocycles. The molecule has 4 nitrogen and oxygen atoms in total. The van der Waals surface area contributed by atoms with Gasteiger partial charge in [-0.25, -0.2) is 4.79 Å². The first-order valence-electron chi connectivity index (χ1n) is 7.85. The summed E-state index contributed by atoms with van der Waals surface area (Å²) in [5, 5.41) is 0. The fourth-order valence-electron chi connectivity index (χ4n) is 2.83. The number of ketones is 1.